The molecule has 2 amide bonds. The maximum absolute atomic E-state index is 14.0. The number of carbonyl (C=O) groups excluding carboxylic acids is 2. The molecule has 1 N–H and O–H groups in total. The normalized spacial score (nSPS) is 13.9. The van der Waals surface area contributed by atoms with E-state index in [0.29, 0.717) is 16.5 Å². The van der Waals surface area contributed by atoms with Crippen molar-refractivity contribution in [1.82, 2.24) is 9.47 Å². The number of rotatable bonds is 14. The van der Waals surface area contributed by atoms with E-state index in [4.69, 9.17) is 0 Å². The summed E-state index contributed by atoms with van der Waals surface area (Å²) in [5, 5.41) is 13.1. The predicted octanol–water partition coefficient (Wildman–Crippen LogP) is 14.1. The second-order valence-corrected chi connectivity index (χ2v) is 21.2. The highest BCUT2D eigenvalue weighted by Gasteiger charge is 2.36. The molecule has 1 aliphatic rings. The number of aliphatic carboxylic acids is 1. The van der Waals surface area contributed by atoms with Crippen LogP contribution in [0.1, 0.15) is 147 Å². The molecule has 0 radical (unpaired) electrons. The lowest BCUT2D eigenvalue weighted by atomic mass is 9.72. The molecule has 7 rings (SSSR count). The predicted molar refractivity (Wildman–Crippen MR) is 253 cm³/mol. The average Bonchev–Trinajstić information content (AvgIpc) is 3.48. The van der Waals surface area contributed by atoms with Gasteiger partial charge in [-0.25, -0.2) is 0 Å². The number of imide groups is 1. The highest BCUT2D eigenvalue weighted by atomic mass is 16.4. The van der Waals surface area contributed by atoms with E-state index in [0.717, 1.165) is 94.2 Å². The highest BCUT2D eigenvalue weighted by molar-refractivity contribution is 6.32. The van der Waals surface area contributed by atoms with Gasteiger partial charge in [0.05, 0.1) is 16.6 Å². The fourth-order valence-electron chi connectivity index (χ4n) is 10.6. The topological polar surface area (TPSA) is 82.8 Å². The standard InChI is InChI=1S/C54H65N3O4/c1-12-13-14-15-29-55-44-30-39(27-28-40(44)48-41-17-16-18-42-47(41)43(31-45(48)55)50(61)56(49(42)60)32-46(58)59)57(37-23-19-35(20-24-37)53(8,9)33-51(2,3)4)38-25-21-36(22-26-38)54(10,11)34-52(5,6)7/h16-28,30-31H,12-15,29,32-34H2,1-11H3,(H,58,59). The smallest absolute Gasteiger partial charge is 0.323 e. The van der Waals surface area contributed by atoms with Crippen molar-refractivity contribution in [2.24, 2.45) is 10.8 Å². The molecule has 61 heavy (non-hydrogen) atoms. The maximum atomic E-state index is 14.0. The van der Waals surface area contributed by atoms with E-state index >= 15 is 0 Å². The number of unbranched alkanes of at least 4 members (excludes halogenated alkanes) is 3. The van der Waals surface area contributed by atoms with Crippen LogP contribution in [0.2, 0.25) is 0 Å². The van der Waals surface area contributed by atoms with Crippen LogP contribution in [0.25, 0.3) is 32.6 Å². The van der Waals surface area contributed by atoms with Gasteiger partial charge < -0.3 is 14.6 Å². The van der Waals surface area contributed by atoms with Gasteiger partial charge in [-0.15, -0.1) is 0 Å². The third-order valence-electron chi connectivity index (χ3n) is 12.5. The Hall–Kier alpha value is -5.43. The van der Waals surface area contributed by atoms with Crippen LogP contribution >= 0.6 is 0 Å². The highest BCUT2D eigenvalue weighted by Crippen LogP contribution is 2.45. The van der Waals surface area contributed by atoms with Gasteiger partial charge in [0.25, 0.3) is 11.8 Å². The summed E-state index contributed by atoms with van der Waals surface area (Å²) in [4.78, 5) is 42.7. The summed E-state index contributed by atoms with van der Waals surface area (Å²) < 4.78 is 2.34. The molecule has 0 aliphatic carbocycles. The molecule has 7 nitrogen and oxygen atoms in total. The lowest BCUT2D eigenvalue weighted by Gasteiger charge is -2.34. The number of hydrogen-bond donors (Lipinski definition) is 1. The van der Waals surface area contributed by atoms with Crippen LogP contribution in [0.5, 0.6) is 0 Å². The van der Waals surface area contributed by atoms with E-state index in [1.165, 1.54) is 11.1 Å². The van der Waals surface area contributed by atoms with Crippen molar-refractivity contribution in [3.8, 4) is 0 Å². The van der Waals surface area contributed by atoms with Gasteiger partial charge in [-0.2, -0.15) is 0 Å². The van der Waals surface area contributed by atoms with Crippen molar-refractivity contribution in [3.63, 3.8) is 0 Å². The van der Waals surface area contributed by atoms with Crippen molar-refractivity contribution >= 4 is 67.4 Å². The molecule has 1 aliphatic heterocycles. The fraction of sp³-hybridized carbons (Fsp3) is 0.426. The lowest BCUT2D eigenvalue weighted by molar-refractivity contribution is -0.137. The Bertz CT molecular complexity index is 2560. The average molecular weight is 820 g/mol. The van der Waals surface area contributed by atoms with Gasteiger partial charge in [0, 0.05) is 45.3 Å². The molecule has 0 spiro atoms. The lowest BCUT2D eigenvalue weighted by Crippen LogP contribution is -2.43. The Morgan fingerprint density at radius 3 is 1.66 bits per heavy atom. The molecule has 5 aromatic carbocycles. The third-order valence-corrected chi connectivity index (χ3v) is 12.5. The molecule has 0 bridgehead atoms. The Morgan fingerprint density at radius 2 is 1.13 bits per heavy atom. The summed E-state index contributed by atoms with van der Waals surface area (Å²) in [6, 6.07) is 32.3. The largest absolute Gasteiger partial charge is 0.480 e. The zero-order valence-electron chi connectivity index (χ0n) is 38.3. The van der Waals surface area contributed by atoms with E-state index in [1.54, 1.807) is 6.07 Å². The van der Waals surface area contributed by atoms with E-state index in [9.17, 15) is 19.5 Å². The van der Waals surface area contributed by atoms with E-state index in [-0.39, 0.29) is 21.7 Å². The van der Waals surface area contributed by atoms with E-state index in [1.807, 2.05) is 18.2 Å². The zero-order chi connectivity index (χ0) is 44.2. The van der Waals surface area contributed by atoms with Crippen LogP contribution in [-0.2, 0) is 22.2 Å². The van der Waals surface area contributed by atoms with Gasteiger partial charge in [-0.1, -0.05) is 138 Å². The number of carboxylic acids is 1. The molecule has 6 aromatic rings. The number of aromatic nitrogens is 1. The SMILES string of the molecule is CCCCCCn1c2cc(N(c3ccc(C(C)(C)CC(C)(C)C)cc3)c3ccc(C(C)(C)CC(C)(C)C)cc3)ccc2c2c3cccc4c3c(cc21)C(=O)N(CC(=O)O)C4=O. The number of carboxylic acid groups (broad SMARTS) is 1. The van der Waals surface area contributed by atoms with Gasteiger partial charge in [-0.3, -0.25) is 19.3 Å². The fourth-order valence-corrected chi connectivity index (χ4v) is 10.6. The van der Waals surface area contributed by atoms with Crippen molar-refractivity contribution in [2.45, 2.75) is 132 Å². The van der Waals surface area contributed by atoms with Crippen molar-refractivity contribution in [1.29, 1.82) is 0 Å². The molecule has 0 saturated heterocycles. The summed E-state index contributed by atoms with van der Waals surface area (Å²) in [5.41, 5.74) is 8.80. The summed E-state index contributed by atoms with van der Waals surface area (Å²) in [6.07, 6.45) is 6.40. The second kappa shape index (κ2) is 16.1. The Kier molecular flexibility index (Phi) is 11.5. The number of hydrogen-bond acceptors (Lipinski definition) is 4. The van der Waals surface area contributed by atoms with Crippen LogP contribution in [0.15, 0.2) is 91.0 Å². The molecule has 0 atom stereocenters. The van der Waals surface area contributed by atoms with Crippen LogP contribution in [0.3, 0.4) is 0 Å². The summed E-state index contributed by atoms with van der Waals surface area (Å²) in [6.45, 7) is 25.4. The number of carbonyl (C=O) groups is 3. The van der Waals surface area contributed by atoms with Crippen LogP contribution in [0.4, 0.5) is 17.1 Å². The van der Waals surface area contributed by atoms with Gasteiger partial charge in [0.2, 0.25) is 0 Å². The number of aryl methyl sites for hydroxylation is 1. The minimum atomic E-state index is -1.23. The molecule has 7 heteroatoms. The summed E-state index contributed by atoms with van der Waals surface area (Å²) in [5.74, 6) is -2.38. The molecular formula is C54H65N3O4. The second-order valence-electron chi connectivity index (χ2n) is 21.2. The zero-order valence-corrected chi connectivity index (χ0v) is 38.3. The maximum Gasteiger partial charge on any atom is 0.323 e. The van der Waals surface area contributed by atoms with Crippen LogP contribution < -0.4 is 4.90 Å². The first kappa shape index (κ1) is 43.7. The molecule has 2 heterocycles. The van der Waals surface area contributed by atoms with Crippen molar-refractivity contribution < 1.29 is 19.5 Å². The first-order valence-electron chi connectivity index (χ1n) is 22.2. The minimum absolute atomic E-state index is 0.000872. The summed E-state index contributed by atoms with van der Waals surface area (Å²) in [7, 11) is 0. The monoisotopic (exact) mass is 819 g/mol. The Morgan fingerprint density at radius 1 is 0.590 bits per heavy atom. The Labute approximate surface area is 362 Å². The minimum Gasteiger partial charge on any atom is -0.480 e. The van der Waals surface area contributed by atoms with Gasteiger partial charge in [0.1, 0.15) is 6.54 Å². The van der Waals surface area contributed by atoms with Crippen LogP contribution in [-0.4, -0.2) is 38.9 Å². The first-order valence-corrected chi connectivity index (χ1v) is 22.2. The number of fused-ring (bicyclic) bond motifs is 4. The summed E-state index contributed by atoms with van der Waals surface area (Å²) >= 11 is 0. The quantitative estimate of drug-likeness (QED) is 0.0874. The van der Waals surface area contributed by atoms with Crippen LogP contribution in [0, 0.1) is 10.8 Å². The molecule has 0 fully saturated rings. The van der Waals surface area contributed by atoms with Gasteiger partial charge in [-0.05, 0) is 106 Å². The van der Waals surface area contributed by atoms with Gasteiger partial charge >= 0.3 is 5.97 Å². The molecule has 0 unspecified atom stereocenters. The number of amides is 2. The third kappa shape index (κ3) is 8.71. The van der Waals surface area contributed by atoms with E-state index in [2.05, 4.69) is 152 Å². The van der Waals surface area contributed by atoms with E-state index < -0.39 is 24.3 Å². The molecule has 320 valence electrons. The van der Waals surface area contributed by atoms with Gasteiger partial charge in [0.15, 0.2) is 0 Å². The number of benzene rings is 5. The molecular weight excluding hydrogens is 755 g/mol. The number of nitrogens with zero attached hydrogens (tertiary/aromatic N) is 3. The van der Waals surface area contributed by atoms with Crippen molar-refractivity contribution in [2.75, 3.05) is 11.4 Å². The molecule has 0 saturated carbocycles. The Balaban J connectivity index is 1.44. The van der Waals surface area contributed by atoms with Crippen molar-refractivity contribution in [3.05, 3.63) is 113 Å². The first-order chi connectivity index (χ1) is 28.6. The number of anilines is 3. The molecule has 1 aromatic heterocycles.